The van der Waals surface area contributed by atoms with Gasteiger partial charge in [-0.25, -0.2) is 4.79 Å². The summed E-state index contributed by atoms with van der Waals surface area (Å²) in [7, 11) is 1.50. The molecule has 1 saturated carbocycles. The molecule has 0 aromatic heterocycles. The molecule has 7 heteroatoms. The number of carbonyl (C=O) groups is 3. The molecule has 0 radical (unpaired) electrons. The number of fused-ring (bicyclic) bond motifs is 3. The SMILES string of the molecule is CN(CC(=O)O)C(=O)C1(CNC(=O)OCC2c3ccccc3-c3ccccc32)CCCCC1. The minimum absolute atomic E-state index is 0.0323. The van der Waals surface area contributed by atoms with Crippen LogP contribution >= 0.6 is 0 Å². The molecule has 2 aliphatic rings. The number of carboxylic acid groups (broad SMARTS) is 1. The van der Waals surface area contributed by atoms with Crippen molar-refractivity contribution < 1.29 is 24.2 Å². The van der Waals surface area contributed by atoms with Gasteiger partial charge in [-0.05, 0) is 35.1 Å². The van der Waals surface area contributed by atoms with Gasteiger partial charge < -0.3 is 20.1 Å². The zero-order chi connectivity index (χ0) is 23.4. The molecule has 0 atom stereocenters. The molecule has 2 aromatic carbocycles. The number of rotatable bonds is 7. The number of alkyl carbamates (subject to hydrolysis) is 1. The maximum absolute atomic E-state index is 13.1. The Kier molecular flexibility index (Phi) is 6.67. The number of nitrogens with one attached hydrogen (secondary N) is 1. The van der Waals surface area contributed by atoms with Crippen molar-refractivity contribution in [3.8, 4) is 11.1 Å². The van der Waals surface area contributed by atoms with Gasteiger partial charge in [-0.3, -0.25) is 9.59 Å². The van der Waals surface area contributed by atoms with E-state index in [4.69, 9.17) is 9.84 Å². The van der Waals surface area contributed by atoms with Gasteiger partial charge in [-0.2, -0.15) is 0 Å². The van der Waals surface area contributed by atoms with E-state index in [9.17, 15) is 14.4 Å². The molecule has 2 N–H and O–H groups in total. The first-order valence-corrected chi connectivity index (χ1v) is 11.5. The van der Waals surface area contributed by atoms with Gasteiger partial charge >= 0.3 is 12.1 Å². The van der Waals surface area contributed by atoms with E-state index >= 15 is 0 Å². The summed E-state index contributed by atoms with van der Waals surface area (Å²) in [5.41, 5.74) is 3.82. The molecule has 0 bridgehead atoms. The second-order valence-electron chi connectivity index (χ2n) is 9.08. The van der Waals surface area contributed by atoms with Gasteiger partial charge in [0.25, 0.3) is 0 Å². The van der Waals surface area contributed by atoms with Crippen molar-refractivity contribution in [2.45, 2.75) is 38.0 Å². The Morgan fingerprint density at radius 2 is 1.58 bits per heavy atom. The van der Waals surface area contributed by atoms with Crippen LogP contribution in [0.5, 0.6) is 0 Å². The summed E-state index contributed by atoms with van der Waals surface area (Å²) >= 11 is 0. The fourth-order valence-corrected chi connectivity index (χ4v) is 5.27. The standard InChI is InChI=1S/C26H30N2O5/c1-28(15-23(29)30)24(31)26(13-7-2-8-14-26)17-27-25(32)33-16-22-20-11-5-3-9-18(20)19-10-4-6-12-21(19)22/h3-6,9-12,22H,2,7-8,13-17H2,1H3,(H,27,32)(H,29,30). The predicted molar refractivity (Wildman–Crippen MR) is 124 cm³/mol. The molecular formula is C26H30N2O5. The molecule has 2 aliphatic carbocycles. The van der Waals surface area contributed by atoms with Crippen LogP contribution in [0.2, 0.25) is 0 Å². The van der Waals surface area contributed by atoms with E-state index < -0.39 is 17.5 Å². The molecule has 0 aliphatic heterocycles. The Labute approximate surface area is 193 Å². The van der Waals surface area contributed by atoms with Crippen LogP contribution in [0.3, 0.4) is 0 Å². The first-order chi connectivity index (χ1) is 15.9. The minimum atomic E-state index is -1.05. The zero-order valence-corrected chi connectivity index (χ0v) is 18.9. The number of benzene rings is 2. The molecule has 2 amide bonds. The van der Waals surface area contributed by atoms with Crippen molar-refractivity contribution in [1.82, 2.24) is 10.2 Å². The molecule has 0 heterocycles. The molecule has 174 valence electrons. The van der Waals surface area contributed by atoms with Gasteiger partial charge in [0.2, 0.25) is 5.91 Å². The first kappa shape index (κ1) is 22.8. The number of hydrogen-bond acceptors (Lipinski definition) is 4. The Bertz CT molecular complexity index is 999. The topological polar surface area (TPSA) is 95.9 Å². The zero-order valence-electron chi connectivity index (χ0n) is 18.9. The Morgan fingerprint density at radius 1 is 1.00 bits per heavy atom. The van der Waals surface area contributed by atoms with Crippen LogP contribution in [0.25, 0.3) is 11.1 Å². The lowest BCUT2D eigenvalue weighted by Crippen LogP contribution is -2.51. The van der Waals surface area contributed by atoms with Gasteiger partial charge in [0.15, 0.2) is 0 Å². The van der Waals surface area contributed by atoms with Crippen LogP contribution in [0.15, 0.2) is 48.5 Å². The fourth-order valence-electron chi connectivity index (χ4n) is 5.27. The Balaban J connectivity index is 1.40. The van der Waals surface area contributed by atoms with Gasteiger partial charge in [-0.1, -0.05) is 67.8 Å². The third kappa shape index (κ3) is 4.72. The molecule has 0 spiro atoms. The van der Waals surface area contributed by atoms with E-state index in [2.05, 4.69) is 29.6 Å². The molecule has 33 heavy (non-hydrogen) atoms. The van der Waals surface area contributed by atoms with Gasteiger partial charge in [0.1, 0.15) is 13.2 Å². The first-order valence-electron chi connectivity index (χ1n) is 11.5. The predicted octanol–water partition coefficient (Wildman–Crippen LogP) is 4.02. The summed E-state index contributed by atoms with van der Waals surface area (Å²) in [6, 6.07) is 16.3. The average Bonchev–Trinajstić information content (AvgIpc) is 3.15. The molecule has 7 nitrogen and oxygen atoms in total. The highest BCUT2D eigenvalue weighted by atomic mass is 16.5. The summed E-state index contributed by atoms with van der Waals surface area (Å²) in [6.07, 6.45) is 3.47. The Hall–Kier alpha value is -3.35. The number of hydrogen-bond donors (Lipinski definition) is 2. The monoisotopic (exact) mass is 450 g/mol. The summed E-state index contributed by atoms with van der Waals surface area (Å²) in [6.45, 7) is -0.00226. The fraction of sp³-hybridized carbons (Fsp3) is 0.423. The van der Waals surface area contributed by atoms with Gasteiger partial charge in [-0.15, -0.1) is 0 Å². The van der Waals surface area contributed by atoms with Crippen molar-refractivity contribution >= 4 is 18.0 Å². The molecule has 2 aromatic rings. The third-order valence-corrected chi connectivity index (χ3v) is 6.90. The number of amides is 2. The third-order valence-electron chi connectivity index (χ3n) is 6.90. The van der Waals surface area contributed by atoms with Crippen LogP contribution in [0.1, 0.15) is 49.1 Å². The Morgan fingerprint density at radius 3 is 2.15 bits per heavy atom. The normalized spacial score (nSPS) is 16.4. The van der Waals surface area contributed by atoms with Crippen LogP contribution < -0.4 is 5.32 Å². The van der Waals surface area contributed by atoms with Gasteiger partial charge in [0.05, 0.1) is 5.41 Å². The molecule has 0 unspecified atom stereocenters. The minimum Gasteiger partial charge on any atom is -0.480 e. The van der Waals surface area contributed by atoms with E-state index in [1.165, 1.54) is 11.9 Å². The summed E-state index contributed by atoms with van der Waals surface area (Å²) in [5, 5.41) is 11.9. The maximum Gasteiger partial charge on any atom is 0.407 e. The average molecular weight is 451 g/mol. The number of likely N-dealkylation sites (N-methyl/N-ethyl adjacent to an activating group) is 1. The smallest absolute Gasteiger partial charge is 0.407 e. The van der Waals surface area contributed by atoms with Crippen LogP contribution in [-0.4, -0.2) is 54.7 Å². The van der Waals surface area contributed by atoms with Crippen molar-refractivity contribution in [2.75, 3.05) is 26.7 Å². The van der Waals surface area contributed by atoms with Crippen LogP contribution in [0, 0.1) is 5.41 Å². The second kappa shape index (κ2) is 9.65. The number of carbonyl (C=O) groups excluding carboxylic acids is 2. The summed E-state index contributed by atoms with van der Waals surface area (Å²) in [4.78, 5) is 38.0. The van der Waals surface area contributed by atoms with Crippen molar-refractivity contribution in [2.24, 2.45) is 5.41 Å². The summed E-state index contributed by atoms with van der Waals surface area (Å²) in [5.74, 6) is -1.32. The lowest BCUT2D eigenvalue weighted by molar-refractivity contribution is -0.149. The van der Waals surface area contributed by atoms with Crippen molar-refractivity contribution in [3.05, 3.63) is 59.7 Å². The van der Waals surface area contributed by atoms with Crippen molar-refractivity contribution in [3.63, 3.8) is 0 Å². The number of ether oxygens (including phenoxy) is 1. The highest BCUT2D eigenvalue weighted by molar-refractivity contribution is 5.86. The van der Waals surface area contributed by atoms with E-state index in [0.29, 0.717) is 12.8 Å². The quantitative estimate of drug-likeness (QED) is 0.664. The van der Waals surface area contributed by atoms with E-state index in [1.807, 2.05) is 24.3 Å². The number of nitrogens with zero attached hydrogens (tertiary/aromatic N) is 1. The second-order valence-corrected chi connectivity index (χ2v) is 9.08. The molecule has 0 saturated heterocycles. The maximum atomic E-state index is 13.1. The lowest BCUT2D eigenvalue weighted by atomic mass is 9.73. The largest absolute Gasteiger partial charge is 0.480 e. The van der Waals surface area contributed by atoms with E-state index in [-0.39, 0.29) is 31.5 Å². The van der Waals surface area contributed by atoms with E-state index in [0.717, 1.165) is 41.5 Å². The number of aliphatic carboxylic acids is 1. The molecular weight excluding hydrogens is 420 g/mol. The van der Waals surface area contributed by atoms with Crippen LogP contribution in [0.4, 0.5) is 4.79 Å². The van der Waals surface area contributed by atoms with Crippen molar-refractivity contribution in [1.29, 1.82) is 0 Å². The highest BCUT2D eigenvalue weighted by Crippen LogP contribution is 2.44. The number of carboxylic acids is 1. The van der Waals surface area contributed by atoms with Gasteiger partial charge in [0, 0.05) is 19.5 Å². The lowest BCUT2D eigenvalue weighted by Gasteiger charge is -2.38. The van der Waals surface area contributed by atoms with Crippen LogP contribution in [-0.2, 0) is 14.3 Å². The molecule has 1 fully saturated rings. The summed E-state index contributed by atoms with van der Waals surface area (Å²) < 4.78 is 5.61. The highest BCUT2D eigenvalue weighted by Gasteiger charge is 2.42. The van der Waals surface area contributed by atoms with E-state index in [1.54, 1.807) is 0 Å². The molecule has 4 rings (SSSR count).